The zero-order valence-electron chi connectivity index (χ0n) is 17.9. The van der Waals surface area contributed by atoms with Crippen LogP contribution in [0.2, 0.25) is 0 Å². The number of nitrogens with one attached hydrogen (secondary N) is 1. The Labute approximate surface area is 193 Å². The molecule has 1 aliphatic carbocycles. The topological polar surface area (TPSA) is 136 Å². The Bertz CT molecular complexity index is 1270. The summed E-state index contributed by atoms with van der Waals surface area (Å²) in [5, 5.41) is 9.81. The van der Waals surface area contributed by atoms with Gasteiger partial charge in [0.15, 0.2) is 0 Å². The fourth-order valence-electron chi connectivity index (χ4n) is 3.51. The minimum absolute atomic E-state index is 0.00239. The lowest BCUT2D eigenvalue weighted by Crippen LogP contribution is -2.28. The van der Waals surface area contributed by atoms with E-state index in [9.17, 15) is 31.1 Å². The predicted octanol–water partition coefficient (Wildman–Crippen LogP) is 3.08. The highest BCUT2D eigenvalue weighted by Gasteiger charge is 2.38. The molecule has 0 saturated heterocycles. The molecule has 0 fully saturated rings. The summed E-state index contributed by atoms with van der Waals surface area (Å²) in [5.41, 5.74) is 8.41. The number of alkyl halides is 6. The van der Waals surface area contributed by atoms with Gasteiger partial charge in [-0.05, 0) is 30.9 Å². The quantitative estimate of drug-likeness (QED) is 0.457. The number of anilines is 1. The second kappa shape index (κ2) is 9.48. The Balaban J connectivity index is 0.000000429. The van der Waals surface area contributed by atoms with E-state index in [0.29, 0.717) is 12.1 Å². The molecule has 188 valence electrons. The zero-order valence-corrected chi connectivity index (χ0v) is 17.9. The number of rotatable bonds is 2. The summed E-state index contributed by atoms with van der Waals surface area (Å²) in [6.45, 7) is 0. The van der Waals surface area contributed by atoms with Gasteiger partial charge in [-0.15, -0.1) is 0 Å². The maximum absolute atomic E-state index is 13.1. The first kappa shape index (κ1) is 25.9. The maximum atomic E-state index is 13.1. The lowest BCUT2D eigenvalue weighted by atomic mass is 9.92. The van der Waals surface area contributed by atoms with E-state index < -0.39 is 30.1 Å². The summed E-state index contributed by atoms with van der Waals surface area (Å²) in [7, 11) is 1.22. The van der Waals surface area contributed by atoms with Gasteiger partial charge in [0.05, 0.1) is 29.2 Å². The van der Waals surface area contributed by atoms with Crippen molar-refractivity contribution in [3.8, 4) is 0 Å². The van der Waals surface area contributed by atoms with Crippen molar-refractivity contribution >= 4 is 28.6 Å². The molecule has 3 heterocycles. The highest BCUT2D eigenvalue weighted by molar-refractivity contribution is 6.11. The largest absolute Gasteiger partial charge is 0.490 e. The summed E-state index contributed by atoms with van der Waals surface area (Å²) in [6.07, 6.45) is -3.46. The number of nitrogens with two attached hydrogens (primary N) is 1. The normalized spacial score (nSPS) is 15.7. The molecule has 1 amide bonds. The minimum atomic E-state index is -5.08. The van der Waals surface area contributed by atoms with Crippen LogP contribution in [-0.2, 0) is 30.9 Å². The van der Waals surface area contributed by atoms with Gasteiger partial charge < -0.3 is 20.7 Å². The van der Waals surface area contributed by atoms with Crippen LogP contribution in [0.4, 0.5) is 32.0 Å². The number of nitrogens with zero attached hydrogens (tertiary/aromatic N) is 4. The minimum Gasteiger partial charge on any atom is -0.475 e. The molecule has 4 rings (SSSR count). The highest BCUT2D eigenvalue weighted by Crippen LogP contribution is 2.31. The molecule has 1 unspecified atom stereocenters. The molecule has 35 heavy (non-hydrogen) atoms. The van der Waals surface area contributed by atoms with Crippen LogP contribution in [0.15, 0.2) is 24.7 Å². The van der Waals surface area contributed by atoms with E-state index in [1.165, 1.54) is 25.6 Å². The van der Waals surface area contributed by atoms with Crippen molar-refractivity contribution in [1.29, 1.82) is 0 Å². The fraction of sp³-hybridized carbons (Fsp3) is 0.350. The zero-order chi connectivity index (χ0) is 26.1. The number of imidazole rings is 1. The Morgan fingerprint density at radius 2 is 1.83 bits per heavy atom. The van der Waals surface area contributed by atoms with E-state index in [0.717, 1.165) is 28.7 Å². The van der Waals surface area contributed by atoms with E-state index in [2.05, 4.69) is 20.3 Å². The van der Waals surface area contributed by atoms with Crippen molar-refractivity contribution < 1.29 is 41.0 Å². The third-order valence-electron chi connectivity index (χ3n) is 5.07. The number of aryl methyl sites for hydroxylation is 2. The van der Waals surface area contributed by atoms with Crippen molar-refractivity contribution in [2.75, 3.05) is 5.32 Å². The molecule has 9 nitrogen and oxygen atoms in total. The summed E-state index contributed by atoms with van der Waals surface area (Å²) < 4.78 is 72.0. The Morgan fingerprint density at radius 3 is 2.43 bits per heavy atom. The van der Waals surface area contributed by atoms with Gasteiger partial charge in [-0.2, -0.15) is 26.3 Å². The summed E-state index contributed by atoms with van der Waals surface area (Å²) in [4.78, 5) is 33.4. The number of carbonyl (C=O) groups excluding carboxylic acids is 1. The van der Waals surface area contributed by atoms with Gasteiger partial charge in [0.25, 0.3) is 5.91 Å². The number of hydrogen-bond acceptors (Lipinski definition) is 6. The van der Waals surface area contributed by atoms with Crippen LogP contribution in [0, 0.1) is 0 Å². The number of carboxylic acid groups (broad SMARTS) is 1. The number of carboxylic acids is 1. The van der Waals surface area contributed by atoms with E-state index >= 15 is 0 Å². The molecule has 4 N–H and O–H groups in total. The summed E-state index contributed by atoms with van der Waals surface area (Å²) >= 11 is 0. The van der Waals surface area contributed by atoms with Crippen LogP contribution in [0.25, 0.3) is 11.0 Å². The van der Waals surface area contributed by atoms with Crippen LogP contribution >= 0.6 is 0 Å². The van der Waals surface area contributed by atoms with Crippen molar-refractivity contribution in [2.45, 2.75) is 37.7 Å². The van der Waals surface area contributed by atoms with E-state index in [-0.39, 0.29) is 22.6 Å². The molecule has 1 aliphatic rings. The number of amides is 1. The van der Waals surface area contributed by atoms with Gasteiger partial charge >= 0.3 is 18.3 Å². The number of carbonyl (C=O) groups is 2. The Morgan fingerprint density at radius 1 is 1.17 bits per heavy atom. The molecular weight excluding hydrogens is 486 g/mol. The maximum Gasteiger partial charge on any atom is 0.490 e. The van der Waals surface area contributed by atoms with Gasteiger partial charge in [-0.3, -0.25) is 14.8 Å². The number of aromatic nitrogens is 4. The molecule has 0 saturated carbocycles. The molecule has 0 aliphatic heterocycles. The van der Waals surface area contributed by atoms with Gasteiger partial charge in [0, 0.05) is 25.0 Å². The van der Waals surface area contributed by atoms with Gasteiger partial charge in [-0.25, -0.2) is 9.78 Å². The smallest absolute Gasteiger partial charge is 0.475 e. The standard InChI is InChI=1S/C18H17F3N6O.C2HF3O2/c1-27-15-12(7-23-8-14(15)26-17(27)18(19,20)21)16(28)25-11-5-9-4-10(22)2-3-13(9)24-6-11;3-2(4,5)1(6)7/h5-8,10H,2-4,22H2,1H3,(H,25,28);(H,6,7). The van der Waals surface area contributed by atoms with Crippen LogP contribution in [0.5, 0.6) is 0 Å². The predicted molar refractivity (Wildman–Crippen MR) is 109 cm³/mol. The van der Waals surface area contributed by atoms with Crippen LogP contribution in [0.1, 0.15) is 33.9 Å². The molecule has 3 aromatic heterocycles. The fourth-order valence-corrected chi connectivity index (χ4v) is 3.51. The molecule has 15 heteroatoms. The first-order chi connectivity index (χ1) is 16.2. The molecule has 0 aromatic carbocycles. The second-order valence-corrected chi connectivity index (χ2v) is 7.64. The first-order valence-electron chi connectivity index (χ1n) is 9.91. The average molecular weight is 504 g/mol. The van der Waals surface area contributed by atoms with Gasteiger partial charge in [0.2, 0.25) is 5.82 Å². The van der Waals surface area contributed by atoms with Crippen LogP contribution in [0.3, 0.4) is 0 Å². The van der Waals surface area contributed by atoms with Crippen LogP contribution < -0.4 is 11.1 Å². The third-order valence-corrected chi connectivity index (χ3v) is 5.07. The Hall–Kier alpha value is -3.75. The van der Waals surface area contributed by atoms with Crippen molar-refractivity contribution in [3.63, 3.8) is 0 Å². The number of hydrogen-bond donors (Lipinski definition) is 3. The average Bonchev–Trinajstić information content (AvgIpc) is 3.10. The monoisotopic (exact) mass is 504 g/mol. The summed E-state index contributed by atoms with van der Waals surface area (Å²) in [6, 6.07) is 1.85. The van der Waals surface area contributed by atoms with Crippen LogP contribution in [-0.4, -0.2) is 48.7 Å². The lowest BCUT2D eigenvalue weighted by Gasteiger charge is -2.21. The first-order valence-corrected chi connectivity index (χ1v) is 9.91. The number of fused-ring (bicyclic) bond motifs is 2. The molecule has 0 radical (unpaired) electrons. The van der Waals surface area contributed by atoms with E-state index in [1.807, 2.05) is 0 Å². The van der Waals surface area contributed by atoms with Gasteiger partial charge in [0.1, 0.15) is 5.52 Å². The van der Waals surface area contributed by atoms with Crippen molar-refractivity contribution in [2.24, 2.45) is 12.8 Å². The number of halogens is 6. The second-order valence-electron chi connectivity index (χ2n) is 7.64. The van der Waals surface area contributed by atoms with Crippen molar-refractivity contribution in [1.82, 2.24) is 19.5 Å². The van der Waals surface area contributed by atoms with Crippen molar-refractivity contribution in [3.05, 3.63) is 47.3 Å². The molecular formula is C20H18F6N6O3. The molecule has 1 atom stereocenters. The van der Waals surface area contributed by atoms with Gasteiger partial charge in [-0.1, -0.05) is 0 Å². The SMILES string of the molecule is Cn1c(C(F)(F)F)nc2cncc(C(=O)Nc3cnc4c(c3)CC(N)CC4)c21.O=C(O)C(F)(F)F. The summed E-state index contributed by atoms with van der Waals surface area (Å²) in [5.74, 6) is -4.43. The Kier molecular flexibility index (Phi) is 7.01. The van der Waals surface area contributed by atoms with E-state index in [1.54, 1.807) is 6.07 Å². The molecule has 0 bridgehead atoms. The van der Waals surface area contributed by atoms with E-state index in [4.69, 9.17) is 15.6 Å². The molecule has 0 spiro atoms. The highest BCUT2D eigenvalue weighted by atomic mass is 19.4. The lowest BCUT2D eigenvalue weighted by molar-refractivity contribution is -0.192. The third kappa shape index (κ3) is 5.85. The number of aliphatic carboxylic acids is 1. The number of pyridine rings is 2. The molecule has 3 aromatic rings.